The van der Waals surface area contributed by atoms with Gasteiger partial charge in [0.15, 0.2) is 5.82 Å². The van der Waals surface area contributed by atoms with E-state index in [1.54, 1.807) is 41.5 Å². The average molecular weight is 340 g/mol. The predicted octanol–water partition coefficient (Wildman–Crippen LogP) is 0.968. The molecule has 0 saturated carbocycles. The van der Waals surface area contributed by atoms with Gasteiger partial charge in [0.25, 0.3) is 11.5 Å². The third-order valence-corrected chi connectivity index (χ3v) is 4.51. The topological polar surface area (TPSA) is 94.2 Å². The second-order valence-corrected chi connectivity index (χ2v) is 6.13. The SMILES string of the molecule is Cn1ccn2c(CNC(=O)c3ccc4ncsc4c3)nnc2c1=O. The molecule has 1 amide bonds. The van der Waals surface area contributed by atoms with E-state index in [-0.39, 0.29) is 23.7 Å². The molecule has 0 aliphatic heterocycles. The number of aryl methyl sites for hydroxylation is 1. The molecule has 0 radical (unpaired) electrons. The second kappa shape index (κ2) is 5.53. The van der Waals surface area contributed by atoms with Crippen molar-refractivity contribution in [3.63, 3.8) is 0 Å². The van der Waals surface area contributed by atoms with Crippen LogP contribution in [0.5, 0.6) is 0 Å². The molecule has 0 aliphatic rings. The second-order valence-electron chi connectivity index (χ2n) is 5.24. The maximum absolute atomic E-state index is 12.3. The van der Waals surface area contributed by atoms with Crippen LogP contribution in [0, 0.1) is 0 Å². The maximum Gasteiger partial charge on any atom is 0.295 e. The van der Waals surface area contributed by atoms with Gasteiger partial charge in [-0.3, -0.25) is 14.0 Å². The van der Waals surface area contributed by atoms with Crippen molar-refractivity contribution in [2.24, 2.45) is 7.05 Å². The molecule has 0 fully saturated rings. The summed E-state index contributed by atoms with van der Waals surface area (Å²) in [7, 11) is 1.65. The van der Waals surface area contributed by atoms with Crippen LogP contribution in [-0.2, 0) is 13.6 Å². The Kier molecular flexibility index (Phi) is 3.35. The number of fused-ring (bicyclic) bond motifs is 2. The minimum atomic E-state index is -0.238. The summed E-state index contributed by atoms with van der Waals surface area (Å²) in [5.41, 5.74) is 3.16. The zero-order chi connectivity index (χ0) is 16.7. The number of aromatic nitrogens is 5. The van der Waals surface area contributed by atoms with Crippen molar-refractivity contribution in [1.29, 1.82) is 0 Å². The summed E-state index contributed by atoms with van der Waals surface area (Å²) in [5, 5.41) is 10.7. The van der Waals surface area contributed by atoms with Crippen LogP contribution in [0.4, 0.5) is 0 Å². The summed E-state index contributed by atoms with van der Waals surface area (Å²) in [5.74, 6) is 0.279. The van der Waals surface area contributed by atoms with Crippen LogP contribution in [0.3, 0.4) is 0 Å². The molecule has 1 N–H and O–H groups in total. The highest BCUT2D eigenvalue weighted by Gasteiger charge is 2.12. The molecule has 0 aliphatic carbocycles. The lowest BCUT2D eigenvalue weighted by atomic mass is 10.2. The first-order valence-electron chi connectivity index (χ1n) is 7.14. The number of benzene rings is 1. The number of hydrogen-bond donors (Lipinski definition) is 1. The quantitative estimate of drug-likeness (QED) is 0.600. The number of carbonyl (C=O) groups is 1. The van der Waals surface area contributed by atoms with E-state index in [2.05, 4.69) is 20.5 Å². The molecule has 0 atom stereocenters. The average Bonchev–Trinajstić information content (AvgIpc) is 3.22. The Morgan fingerprint density at radius 2 is 2.17 bits per heavy atom. The van der Waals surface area contributed by atoms with Crippen molar-refractivity contribution in [2.45, 2.75) is 6.54 Å². The van der Waals surface area contributed by atoms with Crippen LogP contribution in [0.1, 0.15) is 16.2 Å². The minimum Gasteiger partial charge on any atom is -0.345 e. The van der Waals surface area contributed by atoms with Gasteiger partial charge in [0.1, 0.15) is 0 Å². The Bertz CT molecular complexity index is 1130. The summed E-state index contributed by atoms with van der Waals surface area (Å²) in [6.07, 6.45) is 3.32. The fraction of sp³-hybridized carbons (Fsp3) is 0.133. The van der Waals surface area contributed by atoms with Crippen molar-refractivity contribution >= 4 is 33.1 Å². The standard InChI is InChI=1S/C15H12N6O2S/c1-20-4-5-21-12(18-19-13(21)15(20)23)7-16-14(22)9-2-3-10-11(6-9)24-8-17-10/h2-6,8H,7H2,1H3,(H,16,22). The van der Waals surface area contributed by atoms with Crippen LogP contribution in [0.2, 0.25) is 0 Å². The Labute approximate surface area is 139 Å². The Hall–Kier alpha value is -3.07. The fourth-order valence-corrected chi connectivity index (χ4v) is 3.11. The first-order valence-corrected chi connectivity index (χ1v) is 8.02. The van der Waals surface area contributed by atoms with Crippen molar-refractivity contribution in [3.05, 3.63) is 57.8 Å². The van der Waals surface area contributed by atoms with Gasteiger partial charge in [-0.15, -0.1) is 21.5 Å². The van der Waals surface area contributed by atoms with Gasteiger partial charge in [-0.25, -0.2) is 4.98 Å². The van der Waals surface area contributed by atoms with Gasteiger partial charge in [-0.05, 0) is 18.2 Å². The number of amides is 1. The molecule has 0 spiro atoms. The molecule has 0 bridgehead atoms. The third-order valence-electron chi connectivity index (χ3n) is 3.72. The highest BCUT2D eigenvalue weighted by molar-refractivity contribution is 7.16. The first kappa shape index (κ1) is 14.5. The van der Waals surface area contributed by atoms with E-state index >= 15 is 0 Å². The van der Waals surface area contributed by atoms with E-state index in [1.807, 2.05) is 6.07 Å². The molecule has 0 unspecified atom stereocenters. The molecule has 3 aromatic heterocycles. The molecule has 120 valence electrons. The molecule has 3 heterocycles. The molecule has 9 heteroatoms. The Balaban J connectivity index is 1.57. The summed E-state index contributed by atoms with van der Waals surface area (Å²) < 4.78 is 3.96. The monoisotopic (exact) mass is 340 g/mol. The highest BCUT2D eigenvalue weighted by atomic mass is 32.1. The van der Waals surface area contributed by atoms with Gasteiger partial charge < -0.3 is 9.88 Å². The van der Waals surface area contributed by atoms with E-state index in [0.717, 1.165) is 10.2 Å². The summed E-state index contributed by atoms with van der Waals surface area (Å²) in [6.45, 7) is 0.174. The number of carbonyl (C=O) groups excluding carboxylic acids is 1. The van der Waals surface area contributed by atoms with Crippen LogP contribution in [0.25, 0.3) is 15.9 Å². The maximum atomic E-state index is 12.3. The summed E-state index contributed by atoms with van der Waals surface area (Å²) in [4.78, 5) is 28.4. The lowest BCUT2D eigenvalue weighted by molar-refractivity contribution is 0.0950. The van der Waals surface area contributed by atoms with Crippen molar-refractivity contribution < 1.29 is 4.79 Å². The largest absolute Gasteiger partial charge is 0.345 e. The van der Waals surface area contributed by atoms with Gasteiger partial charge in [0.05, 0.1) is 22.3 Å². The predicted molar refractivity (Wildman–Crippen MR) is 89.0 cm³/mol. The van der Waals surface area contributed by atoms with Crippen molar-refractivity contribution in [3.8, 4) is 0 Å². The third kappa shape index (κ3) is 2.35. The number of nitrogens with zero attached hydrogens (tertiary/aromatic N) is 5. The van der Waals surface area contributed by atoms with Gasteiger partial charge in [-0.1, -0.05) is 0 Å². The van der Waals surface area contributed by atoms with Crippen molar-refractivity contribution in [1.82, 2.24) is 29.5 Å². The van der Waals surface area contributed by atoms with Gasteiger partial charge in [0, 0.05) is 25.0 Å². The zero-order valence-corrected chi connectivity index (χ0v) is 13.4. The van der Waals surface area contributed by atoms with E-state index in [0.29, 0.717) is 11.4 Å². The van der Waals surface area contributed by atoms with Crippen LogP contribution >= 0.6 is 11.3 Å². The molecule has 1 aromatic carbocycles. The van der Waals surface area contributed by atoms with Gasteiger partial charge >= 0.3 is 0 Å². The van der Waals surface area contributed by atoms with E-state index in [1.165, 1.54) is 15.9 Å². The first-order chi connectivity index (χ1) is 11.6. The van der Waals surface area contributed by atoms with Crippen LogP contribution in [0.15, 0.2) is 40.9 Å². The smallest absolute Gasteiger partial charge is 0.295 e. The van der Waals surface area contributed by atoms with E-state index in [4.69, 9.17) is 0 Å². The van der Waals surface area contributed by atoms with Crippen LogP contribution < -0.4 is 10.9 Å². The van der Waals surface area contributed by atoms with Crippen LogP contribution in [-0.4, -0.2) is 30.1 Å². The molecule has 4 rings (SSSR count). The molecular formula is C15H12N6O2S. The molecule has 24 heavy (non-hydrogen) atoms. The lowest BCUT2D eigenvalue weighted by Crippen LogP contribution is -2.24. The van der Waals surface area contributed by atoms with Crippen molar-refractivity contribution in [2.75, 3.05) is 0 Å². The van der Waals surface area contributed by atoms with Gasteiger partial charge in [0.2, 0.25) is 5.65 Å². The number of nitrogens with one attached hydrogen (secondary N) is 1. The summed E-state index contributed by atoms with van der Waals surface area (Å²) in [6, 6.07) is 5.35. The van der Waals surface area contributed by atoms with Gasteiger partial charge in [-0.2, -0.15) is 0 Å². The normalized spacial score (nSPS) is 11.2. The highest BCUT2D eigenvalue weighted by Crippen LogP contribution is 2.19. The van der Waals surface area contributed by atoms with E-state index in [9.17, 15) is 9.59 Å². The molecule has 4 aromatic rings. The number of thiazole rings is 1. The number of rotatable bonds is 3. The number of hydrogen-bond acceptors (Lipinski definition) is 6. The van der Waals surface area contributed by atoms with E-state index < -0.39 is 0 Å². The zero-order valence-electron chi connectivity index (χ0n) is 12.6. The molecular weight excluding hydrogens is 328 g/mol. The Morgan fingerprint density at radius 3 is 3.04 bits per heavy atom. The summed E-state index contributed by atoms with van der Waals surface area (Å²) >= 11 is 1.48. The molecule has 8 nitrogen and oxygen atoms in total. The lowest BCUT2D eigenvalue weighted by Gasteiger charge is -2.05. The fourth-order valence-electron chi connectivity index (χ4n) is 2.40. The minimum absolute atomic E-state index is 0.174. The molecule has 0 saturated heterocycles. The Morgan fingerprint density at radius 1 is 1.29 bits per heavy atom.